The predicted molar refractivity (Wildman–Crippen MR) is 52.0 cm³/mol. The van der Waals surface area contributed by atoms with E-state index >= 15 is 0 Å². The van der Waals surface area contributed by atoms with Gasteiger partial charge in [-0.05, 0) is 36.6 Å². The number of hydrogen-bond acceptors (Lipinski definition) is 2. The molecule has 1 unspecified atom stereocenters. The second kappa shape index (κ2) is 5.14. The van der Waals surface area contributed by atoms with Gasteiger partial charge in [-0.25, -0.2) is 13.2 Å². The second-order valence-corrected chi connectivity index (χ2v) is 3.38. The monoisotopic (exact) mass is 218 g/mol. The maximum Gasteiger partial charge on any atom is 0.255 e. The van der Waals surface area contributed by atoms with Crippen LogP contribution in [0.25, 0.3) is 0 Å². The highest BCUT2D eigenvalue weighted by Crippen LogP contribution is 2.14. The van der Waals surface area contributed by atoms with Crippen molar-refractivity contribution in [2.45, 2.75) is 25.8 Å². The first kappa shape index (κ1) is 12.0. The topological polar surface area (TPSA) is 38.0 Å². The van der Waals surface area contributed by atoms with Crippen molar-refractivity contribution in [3.63, 3.8) is 0 Å². The third kappa shape index (κ3) is 3.21. The Balaban J connectivity index is 2.79. The lowest BCUT2D eigenvalue weighted by Crippen LogP contribution is -2.42. The molecule has 0 amide bonds. The van der Waals surface area contributed by atoms with Crippen molar-refractivity contribution in [1.82, 2.24) is 5.43 Å². The van der Waals surface area contributed by atoms with Crippen molar-refractivity contribution in [3.05, 3.63) is 35.1 Å². The summed E-state index contributed by atoms with van der Waals surface area (Å²) in [6, 6.07) is 2.96. The van der Waals surface area contributed by atoms with E-state index in [0.717, 1.165) is 0 Å². The smallest absolute Gasteiger partial charge is 0.255 e. The molecule has 2 nitrogen and oxygen atoms in total. The van der Waals surface area contributed by atoms with Gasteiger partial charge >= 0.3 is 0 Å². The van der Waals surface area contributed by atoms with Crippen LogP contribution in [0.5, 0.6) is 0 Å². The van der Waals surface area contributed by atoms with Gasteiger partial charge in [0.15, 0.2) is 0 Å². The molecule has 0 aliphatic carbocycles. The number of aryl methyl sites for hydroxylation is 1. The highest BCUT2D eigenvalue weighted by Gasteiger charge is 2.19. The minimum atomic E-state index is -2.54. The summed E-state index contributed by atoms with van der Waals surface area (Å²) in [5, 5.41) is 0. The number of rotatable bonds is 4. The lowest BCUT2D eigenvalue weighted by molar-refractivity contribution is 0.0984. The van der Waals surface area contributed by atoms with Crippen LogP contribution in [0.1, 0.15) is 11.1 Å². The Kier molecular flexibility index (Phi) is 4.11. The van der Waals surface area contributed by atoms with E-state index in [2.05, 4.69) is 0 Å². The van der Waals surface area contributed by atoms with Crippen LogP contribution in [-0.2, 0) is 6.42 Å². The van der Waals surface area contributed by atoms with Gasteiger partial charge in [0, 0.05) is 0 Å². The van der Waals surface area contributed by atoms with Crippen molar-refractivity contribution in [1.29, 1.82) is 0 Å². The van der Waals surface area contributed by atoms with Crippen LogP contribution in [0.2, 0.25) is 0 Å². The van der Waals surface area contributed by atoms with Crippen molar-refractivity contribution >= 4 is 0 Å². The Morgan fingerprint density at radius 3 is 2.53 bits per heavy atom. The first-order valence-electron chi connectivity index (χ1n) is 4.54. The lowest BCUT2D eigenvalue weighted by atomic mass is 10.0. The molecule has 15 heavy (non-hydrogen) atoms. The molecule has 0 aromatic heterocycles. The van der Waals surface area contributed by atoms with Gasteiger partial charge in [0.05, 0.1) is 6.04 Å². The van der Waals surface area contributed by atoms with Gasteiger partial charge < -0.3 is 0 Å². The fraction of sp³-hybridized carbons (Fsp3) is 0.400. The Morgan fingerprint density at radius 2 is 2.07 bits per heavy atom. The van der Waals surface area contributed by atoms with Gasteiger partial charge in [0.1, 0.15) is 5.82 Å². The molecule has 0 saturated heterocycles. The molecule has 3 N–H and O–H groups in total. The average Bonchev–Trinajstić information content (AvgIpc) is 2.16. The van der Waals surface area contributed by atoms with E-state index in [9.17, 15) is 13.2 Å². The molecule has 5 heteroatoms. The number of nitrogens with two attached hydrogens (primary N) is 1. The van der Waals surface area contributed by atoms with Gasteiger partial charge in [0.25, 0.3) is 6.43 Å². The maximum absolute atomic E-state index is 12.7. The Hall–Kier alpha value is -1.07. The summed E-state index contributed by atoms with van der Waals surface area (Å²) >= 11 is 0. The number of hydrazine groups is 1. The SMILES string of the molecule is Cc1cc(F)ccc1CC(NN)C(F)F. The Morgan fingerprint density at radius 1 is 1.40 bits per heavy atom. The Bertz CT molecular complexity index is 328. The van der Waals surface area contributed by atoms with Crippen LogP contribution in [0.15, 0.2) is 18.2 Å². The van der Waals surface area contributed by atoms with Gasteiger partial charge in [-0.1, -0.05) is 6.07 Å². The summed E-state index contributed by atoms with van der Waals surface area (Å²) in [6.45, 7) is 1.68. The van der Waals surface area contributed by atoms with Crippen LogP contribution < -0.4 is 11.3 Å². The van der Waals surface area contributed by atoms with Gasteiger partial charge in [-0.3, -0.25) is 11.3 Å². The fourth-order valence-electron chi connectivity index (χ4n) is 1.35. The highest BCUT2D eigenvalue weighted by atomic mass is 19.3. The zero-order valence-corrected chi connectivity index (χ0v) is 8.31. The molecular formula is C10H13F3N2. The van der Waals surface area contributed by atoms with Crippen molar-refractivity contribution in [3.8, 4) is 0 Å². The van der Waals surface area contributed by atoms with E-state index in [-0.39, 0.29) is 12.2 Å². The lowest BCUT2D eigenvalue weighted by Gasteiger charge is -2.15. The van der Waals surface area contributed by atoms with E-state index in [4.69, 9.17) is 5.84 Å². The largest absolute Gasteiger partial charge is 0.271 e. The van der Waals surface area contributed by atoms with Crippen molar-refractivity contribution in [2.24, 2.45) is 5.84 Å². The third-order valence-electron chi connectivity index (χ3n) is 2.26. The van der Waals surface area contributed by atoms with Gasteiger partial charge in [-0.15, -0.1) is 0 Å². The quantitative estimate of drug-likeness (QED) is 0.597. The molecule has 0 aliphatic rings. The zero-order chi connectivity index (χ0) is 11.4. The molecule has 1 aromatic rings. The number of nitrogens with one attached hydrogen (secondary N) is 1. The average molecular weight is 218 g/mol. The molecule has 1 atom stereocenters. The highest BCUT2D eigenvalue weighted by molar-refractivity contribution is 5.27. The molecule has 1 aromatic carbocycles. The molecule has 0 spiro atoms. The summed E-state index contributed by atoms with van der Waals surface area (Å²) in [7, 11) is 0. The van der Waals surface area contributed by atoms with Crippen LogP contribution in [0, 0.1) is 12.7 Å². The maximum atomic E-state index is 12.7. The van der Waals surface area contributed by atoms with Crippen molar-refractivity contribution in [2.75, 3.05) is 0 Å². The van der Waals surface area contributed by atoms with E-state index in [1.54, 1.807) is 6.92 Å². The number of benzene rings is 1. The van der Waals surface area contributed by atoms with Crippen LogP contribution >= 0.6 is 0 Å². The molecule has 0 saturated carbocycles. The predicted octanol–water partition coefficient (Wildman–Crippen LogP) is 1.77. The number of alkyl halides is 2. The second-order valence-electron chi connectivity index (χ2n) is 3.38. The van der Waals surface area contributed by atoms with E-state index in [1.165, 1.54) is 18.2 Å². The standard InChI is InChI=1S/C10H13F3N2/c1-6-4-8(11)3-2-7(6)5-9(15-14)10(12)13/h2-4,9-10,15H,5,14H2,1H3. The molecule has 1 rings (SSSR count). The van der Waals surface area contributed by atoms with E-state index in [0.29, 0.717) is 11.1 Å². The van der Waals surface area contributed by atoms with Gasteiger partial charge in [0.2, 0.25) is 0 Å². The van der Waals surface area contributed by atoms with Crippen molar-refractivity contribution < 1.29 is 13.2 Å². The summed E-state index contributed by atoms with van der Waals surface area (Å²) in [5.41, 5.74) is 3.36. The Labute approximate surface area is 86.2 Å². The zero-order valence-electron chi connectivity index (χ0n) is 8.31. The minimum absolute atomic E-state index is 0.0836. The molecular weight excluding hydrogens is 205 g/mol. The number of hydrogen-bond donors (Lipinski definition) is 2. The van der Waals surface area contributed by atoms with Gasteiger partial charge in [-0.2, -0.15) is 0 Å². The van der Waals surface area contributed by atoms with E-state index in [1.807, 2.05) is 5.43 Å². The van der Waals surface area contributed by atoms with Crippen LogP contribution in [-0.4, -0.2) is 12.5 Å². The third-order valence-corrected chi connectivity index (χ3v) is 2.26. The summed E-state index contributed by atoms with van der Waals surface area (Å²) in [4.78, 5) is 0. The molecule has 0 aliphatic heterocycles. The fourth-order valence-corrected chi connectivity index (χ4v) is 1.35. The molecule has 0 bridgehead atoms. The minimum Gasteiger partial charge on any atom is -0.271 e. The number of halogens is 3. The first-order valence-corrected chi connectivity index (χ1v) is 4.54. The molecule has 0 radical (unpaired) electrons. The van der Waals surface area contributed by atoms with Crippen LogP contribution in [0.3, 0.4) is 0 Å². The summed E-state index contributed by atoms with van der Waals surface area (Å²) in [6.07, 6.45) is -2.46. The van der Waals surface area contributed by atoms with E-state index < -0.39 is 12.5 Å². The summed E-state index contributed by atoms with van der Waals surface area (Å²) in [5.74, 6) is 4.63. The molecule has 0 fully saturated rings. The molecule has 0 heterocycles. The summed E-state index contributed by atoms with van der Waals surface area (Å²) < 4.78 is 37.5. The normalized spacial score (nSPS) is 13.2. The van der Waals surface area contributed by atoms with Crippen LogP contribution in [0.4, 0.5) is 13.2 Å². The molecule has 84 valence electrons. The first-order chi connectivity index (χ1) is 7.04.